The zero-order valence-electron chi connectivity index (χ0n) is 10.5. The third-order valence-corrected chi connectivity index (χ3v) is 3.42. The highest BCUT2D eigenvalue weighted by Gasteiger charge is 2.25. The number of aromatic hydroxyl groups is 1. The first kappa shape index (κ1) is 13.4. The van der Waals surface area contributed by atoms with E-state index in [4.69, 9.17) is 4.74 Å². The molecule has 1 heterocycles. The Bertz CT molecular complexity index is 557. The molecule has 1 fully saturated rings. The molecular formula is C12H13N3O3S. The van der Waals surface area contributed by atoms with E-state index in [-0.39, 0.29) is 16.9 Å². The van der Waals surface area contributed by atoms with Crippen LogP contribution in [-0.2, 0) is 4.79 Å². The molecule has 1 saturated heterocycles. The molecule has 19 heavy (non-hydrogen) atoms. The van der Waals surface area contributed by atoms with E-state index in [9.17, 15) is 9.90 Å². The van der Waals surface area contributed by atoms with Crippen LogP contribution in [0.25, 0.3) is 0 Å². The topological polar surface area (TPSA) is 83.3 Å². The largest absolute Gasteiger partial charge is 0.504 e. The molecule has 100 valence electrons. The van der Waals surface area contributed by atoms with Gasteiger partial charge in [-0.15, -0.1) is 5.10 Å². The summed E-state index contributed by atoms with van der Waals surface area (Å²) >= 11 is 1.33. The quantitative estimate of drug-likeness (QED) is 0.646. The number of carbonyl (C=O) groups is 1. The first-order valence-corrected chi connectivity index (χ1v) is 6.43. The lowest BCUT2D eigenvalue weighted by molar-refractivity contribution is -0.118. The lowest BCUT2D eigenvalue weighted by Crippen LogP contribution is -2.23. The lowest BCUT2D eigenvalue weighted by atomic mass is 10.2. The number of rotatable bonds is 3. The molecule has 1 aliphatic heterocycles. The van der Waals surface area contributed by atoms with Gasteiger partial charge in [0.05, 0.1) is 18.6 Å². The van der Waals surface area contributed by atoms with Gasteiger partial charge in [0.1, 0.15) is 0 Å². The van der Waals surface area contributed by atoms with Crippen LogP contribution in [0, 0.1) is 0 Å². The number of ether oxygens (including phenoxy) is 1. The minimum absolute atomic E-state index is 0.0646. The Morgan fingerprint density at radius 2 is 2.32 bits per heavy atom. The molecule has 1 unspecified atom stereocenters. The van der Waals surface area contributed by atoms with Crippen molar-refractivity contribution in [2.45, 2.75) is 12.2 Å². The Kier molecular flexibility index (Phi) is 4.06. The Morgan fingerprint density at radius 1 is 1.53 bits per heavy atom. The van der Waals surface area contributed by atoms with Gasteiger partial charge in [-0.05, 0) is 30.7 Å². The Morgan fingerprint density at radius 3 is 2.95 bits per heavy atom. The van der Waals surface area contributed by atoms with E-state index in [1.165, 1.54) is 31.2 Å². The summed E-state index contributed by atoms with van der Waals surface area (Å²) in [5.41, 5.74) is 0.737. The molecular weight excluding hydrogens is 266 g/mol. The first-order chi connectivity index (χ1) is 9.10. The predicted octanol–water partition coefficient (Wildman–Crippen LogP) is 1.34. The average molecular weight is 279 g/mol. The van der Waals surface area contributed by atoms with Crippen molar-refractivity contribution < 1.29 is 14.6 Å². The van der Waals surface area contributed by atoms with Gasteiger partial charge in [0.25, 0.3) is 0 Å². The lowest BCUT2D eigenvalue weighted by Gasteiger charge is -2.02. The van der Waals surface area contributed by atoms with Gasteiger partial charge in [0.2, 0.25) is 5.91 Å². The van der Waals surface area contributed by atoms with Gasteiger partial charge in [0.15, 0.2) is 16.7 Å². The molecule has 0 radical (unpaired) electrons. The Balaban J connectivity index is 2.07. The summed E-state index contributed by atoms with van der Waals surface area (Å²) < 4.78 is 4.98. The summed E-state index contributed by atoms with van der Waals surface area (Å²) in [6.45, 7) is 1.80. The van der Waals surface area contributed by atoms with Gasteiger partial charge in [-0.2, -0.15) is 5.10 Å². The molecule has 7 heteroatoms. The summed E-state index contributed by atoms with van der Waals surface area (Å²) in [6, 6.07) is 4.84. The number of nitrogens with zero attached hydrogens (tertiary/aromatic N) is 2. The molecule has 1 aromatic rings. The fourth-order valence-electron chi connectivity index (χ4n) is 1.43. The summed E-state index contributed by atoms with van der Waals surface area (Å²) in [5.74, 6) is 0.373. The number of amidine groups is 1. The van der Waals surface area contributed by atoms with E-state index in [0.29, 0.717) is 10.9 Å². The number of benzene rings is 1. The van der Waals surface area contributed by atoms with Crippen LogP contribution in [0.15, 0.2) is 28.4 Å². The molecule has 1 atom stereocenters. The molecule has 0 aliphatic carbocycles. The van der Waals surface area contributed by atoms with Gasteiger partial charge >= 0.3 is 0 Å². The normalized spacial score (nSPS) is 21.1. The second kappa shape index (κ2) is 5.75. The Hall–Kier alpha value is -2.02. The van der Waals surface area contributed by atoms with Gasteiger partial charge < -0.3 is 15.2 Å². The number of phenols is 1. The van der Waals surface area contributed by atoms with E-state index in [2.05, 4.69) is 15.5 Å². The number of phenolic OH excluding ortho intramolecular Hbond substituents is 1. The van der Waals surface area contributed by atoms with Gasteiger partial charge in [-0.1, -0.05) is 11.8 Å². The second-order valence-electron chi connectivity index (χ2n) is 3.83. The molecule has 1 amide bonds. The van der Waals surface area contributed by atoms with Crippen LogP contribution < -0.4 is 10.1 Å². The van der Waals surface area contributed by atoms with Crippen LogP contribution in [0.1, 0.15) is 12.5 Å². The third kappa shape index (κ3) is 3.25. The fraction of sp³-hybridized carbons (Fsp3) is 0.250. The smallest absolute Gasteiger partial charge is 0.239 e. The molecule has 1 aliphatic rings. The van der Waals surface area contributed by atoms with Crippen molar-refractivity contribution in [3.63, 3.8) is 0 Å². The predicted molar refractivity (Wildman–Crippen MR) is 74.9 cm³/mol. The van der Waals surface area contributed by atoms with Gasteiger partial charge in [0, 0.05) is 0 Å². The summed E-state index contributed by atoms with van der Waals surface area (Å²) in [7, 11) is 1.47. The highest BCUT2D eigenvalue weighted by Crippen LogP contribution is 2.25. The van der Waals surface area contributed by atoms with Crippen molar-refractivity contribution >= 4 is 29.1 Å². The SMILES string of the molecule is COc1cc(/C=N/N=C2/NC(=O)C(C)S2)ccc1O. The van der Waals surface area contributed by atoms with Crippen molar-refractivity contribution in [3.05, 3.63) is 23.8 Å². The number of hydrogen-bond donors (Lipinski definition) is 2. The van der Waals surface area contributed by atoms with E-state index in [1.54, 1.807) is 19.1 Å². The van der Waals surface area contributed by atoms with Crippen molar-refractivity contribution in [1.82, 2.24) is 5.32 Å². The van der Waals surface area contributed by atoms with Crippen molar-refractivity contribution in [2.24, 2.45) is 10.2 Å². The zero-order valence-corrected chi connectivity index (χ0v) is 11.3. The minimum Gasteiger partial charge on any atom is -0.504 e. The van der Waals surface area contributed by atoms with Crippen LogP contribution in [0.3, 0.4) is 0 Å². The van der Waals surface area contributed by atoms with Gasteiger partial charge in [-0.25, -0.2) is 0 Å². The molecule has 0 aromatic heterocycles. The number of amides is 1. The summed E-state index contributed by atoms with van der Waals surface area (Å²) in [5, 5.41) is 20.2. The van der Waals surface area contributed by atoms with Gasteiger partial charge in [-0.3, -0.25) is 4.79 Å². The number of carbonyl (C=O) groups excluding carboxylic acids is 1. The number of methoxy groups -OCH3 is 1. The maximum atomic E-state index is 11.2. The van der Waals surface area contributed by atoms with E-state index in [1.807, 2.05) is 0 Å². The molecule has 6 nitrogen and oxygen atoms in total. The molecule has 2 rings (SSSR count). The van der Waals surface area contributed by atoms with Crippen LogP contribution in [0.4, 0.5) is 0 Å². The summed E-state index contributed by atoms with van der Waals surface area (Å²) in [6.07, 6.45) is 1.52. The molecule has 0 saturated carbocycles. The third-order valence-electron chi connectivity index (χ3n) is 2.45. The van der Waals surface area contributed by atoms with Crippen molar-refractivity contribution in [2.75, 3.05) is 7.11 Å². The minimum atomic E-state index is -0.136. The maximum absolute atomic E-state index is 11.2. The van der Waals surface area contributed by atoms with Crippen molar-refractivity contribution in [3.8, 4) is 11.5 Å². The standard InChI is InChI=1S/C12H13N3O3S/c1-7-11(17)14-12(19-7)15-13-6-8-3-4-9(16)10(5-8)18-2/h3-7,16H,1-2H3,(H,14,15,17)/b13-6+. The fourth-order valence-corrected chi connectivity index (χ4v) is 2.18. The van der Waals surface area contributed by atoms with E-state index in [0.717, 1.165) is 5.56 Å². The van der Waals surface area contributed by atoms with Crippen LogP contribution in [0.2, 0.25) is 0 Å². The first-order valence-electron chi connectivity index (χ1n) is 5.55. The average Bonchev–Trinajstić information content (AvgIpc) is 2.71. The monoisotopic (exact) mass is 279 g/mol. The summed E-state index contributed by atoms with van der Waals surface area (Å²) in [4.78, 5) is 11.2. The van der Waals surface area contributed by atoms with E-state index >= 15 is 0 Å². The highest BCUT2D eigenvalue weighted by atomic mass is 32.2. The number of nitrogens with one attached hydrogen (secondary N) is 1. The van der Waals surface area contributed by atoms with Crippen LogP contribution in [-0.4, -0.2) is 34.8 Å². The molecule has 2 N–H and O–H groups in total. The molecule has 0 spiro atoms. The molecule has 0 bridgehead atoms. The second-order valence-corrected chi connectivity index (χ2v) is 5.16. The van der Waals surface area contributed by atoms with Crippen LogP contribution >= 0.6 is 11.8 Å². The highest BCUT2D eigenvalue weighted by molar-refractivity contribution is 8.15. The van der Waals surface area contributed by atoms with Crippen molar-refractivity contribution in [1.29, 1.82) is 0 Å². The molecule has 1 aromatic carbocycles. The van der Waals surface area contributed by atoms with Crippen LogP contribution in [0.5, 0.6) is 11.5 Å². The Labute approximate surface area is 114 Å². The number of thioether (sulfide) groups is 1. The zero-order chi connectivity index (χ0) is 13.8. The number of hydrogen-bond acceptors (Lipinski definition) is 6. The van der Waals surface area contributed by atoms with E-state index < -0.39 is 0 Å². The maximum Gasteiger partial charge on any atom is 0.239 e.